The molecule has 5 aromatic rings. The van der Waals surface area contributed by atoms with E-state index in [0.29, 0.717) is 31.1 Å². The highest BCUT2D eigenvalue weighted by Crippen LogP contribution is 2.45. The summed E-state index contributed by atoms with van der Waals surface area (Å²) < 4.78 is 9.95. The Kier molecular flexibility index (Phi) is 6.50. The Hall–Kier alpha value is -4.30. The Morgan fingerprint density at radius 2 is 1.93 bits per heavy atom. The molecule has 0 fully saturated rings. The number of imidazole rings is 1. The molecule has 2 amide bonds. The predicted octanol–water partition coefficient (Wildman–Crippen LogP) is 2.93. The van der Waals surface area contributed by atoms with Gasteiger partial charge in [0.05, 0.1) is 29.7 Å². The Morgan fingerprint density at radius 1 is 1.12 bits per heavy atom. The van der Waals surface area contributed by atoms with Crippen molar-refractivity contribution >= 4 is 61.1 Å². The third-order valence-corrected chi connectivity index (χ3v) is 9.06. The molecule has 1 N–H and O–H groups in total. The van der Waals surface area contributed by atoms with Gasteiger partial charge in [-0.2, -0.15) is 0 Å². The summed E-state index contributed by atoms with van der Waals surface area (Å²) in [6.45, 7) is 2.77. The van der Waals surface area contributed by atoms with E-state index < -0.39 is 11.2 Å². The zero-order chi connectivity index (χ0) is 28.1. The molecule has 0 spiro atoms. The van der Waals surface area contributed by atoms with Crippen molar-refractivity contribution < 1.29 is 14.3 Å². The van der Waals surface area contributed by atoms with Crippen LogP contribution in [0.5, 0.6) is 0 Å². The summed E-state index contributed by atoms with van der Waals surface area (Å²) in [4.78, 5) is 62.5. The third-order valence-electron chi connectivity index (χ3n) is 6.87. The van der Waals surface area contributed by atoms with E-state index in [1.807, 2.05) is 24.3 Å². The number of benzene rings is 1. The van der Waals surface area contributed by atoms with Crippen LogP contribution in [-0.2, 0) is 43.1 Å². The molecule has 0 saturated heterocycles. The lowest BCUT2D eigenvalue weighted by Crippen LogP contribution is -2.37. The number of ether oxygens (including phenoxy) is 1. The summed E-state index contributed by atoms with van der Waals surface area (Å²) in [6.07, 6.45) is 1.62. The van der Waals surface area contributed by atoms with Gasteiger partial charge in [0.15, 0.2) is 11.2 Å². The van der Waals surface area contributed by atoms with Gasteiger partial charge in [0.1, 0.15) is 16.6 Å². The molecule has 6 rings (SSSR count). The zero-order valence-corrected chi connectivity index (χ0v) is 23.6. The number of fused-ring (bicyclic) bond motifs is 3. The predicted molar refractivity (Wildman–Crippen MR) is 153 cm³/mol. The van der Waals surface area contributed by atoms with Crippen LogP contribution < -0.4 is 16.6 Å². The van der Waals surface area contributed by atoms with Gasteiger partial charge in [-0.25, -0.2) is 19.6 Å². The second-order valence-corrected chi connectivity index (χ2v) is 11.5. The van der Waals surface area contributed by atoms with Gasteiger partial charge in [-0.3, -0.25) is 18.7 Å². The van der Waals surface area contributed by atoms with E-state index in [0.717, 1.165) is 35.8 Å². The van der Waals surface area contributed by atoms with E-state index in [-0.39, 0.29) is 29.7 Å². The molecular weight excluding hydrogens is 554 g/mol. The highest BCUT2D eigenvalue weighted by atomic mass is 32.1. The van der Waals surface area contributed by atoms with Crippen LogP contribution in [0.15, 0.2) is 40.2 Å². The molecule has 4 aromatic heterocycles. The number of hydrogen-bond acceptors (Lipinski definition) is 9. The first-order valence-corrected chi connectivity index (χ1v) is 14.2. The van der Waals surface area contributed by atoms with Crippen LogP contribution in [0, 0.1) is 0 Å². The fourth-order valence-corrected chi connectivity index (χ4v) is 7.30. The number of para-hydroxylation sites is 1. The standard InChI is InChI=1S/C26H25N7O5S2/c1-4-38-26(37)32-10-9-14-17(11-32)40-23(19(14)22-28-15-7-5-6-8-16(15)39-22)29-18(34)12-33-13-27-21-20(33)24(35)31(3)25(36)30(21)2/h5-8,13H,4,9-12H2,1-3H3,(H,29,34). The van der Waals surface area contributed by atoms with E-state index in [4.69, 9.17) is 9.72 Å². The van der Waals surface area contributed by atoms with Crippen LogP contribution in [0.25, 0.3) is 32.0 Å². The van der Waals surface area contributed by atoms with Crippen LogP contribution in [0.2, 0.25) is 0 Å². The number of aryl methyl sites for hydroxylation is 1. The van der Waals surface area contributed by atoms with Crippen molar-refractivity contribution in [2.24, 2.45) is 14.1 Å². The number of carbonyl (C=O) groups excluding carboxylic acids is 2. The lowest BCUT2D eigenvalue weighted by molar-refractivity contribution is -0.116. The molecule has 0 aliphatic carbocycles. The van der Waals surface area contributed by atoms with Crippen LogP contribution in [0.1, 0.15) is 17.4 Å². The van der Waals surface area contributed by atoms with Gasteiger partial charge < -0.3 is 19.5 Å². The van der Waals surface area contributed by atoms with E-state index in [9.17, 15) is 19.2 Å². The normalized spacial score (nSPS) is 13.1. The fraction of sp³-hybridized carbons (Fsp3) is 0.308. The molecular formula is C26H25N7O5S2. The second-order valence-electron chi connectivity index (χ2n) is 9.36. The Morgan fingerprint density at radius 3 is 2.70 bits per heavy atom. The van der Waals surface area contributed by atoms with Gasteiger partial charge >= 0.3 is 11.8 Å². The topological polar surface area (TPSA) is 133 Å². The zero-order valence-electron chi connectivity index (χ0n) is 22.0. The van der Waals surface area contributed by atoms with Crippen molar-refractivity contribution in [1.29, 1.82) is 0 Å². The average Bonchev–Trinajstić information content (AvgIpc) is 3.65. The molecule has 206 valence electrons. The van der Waals surface area contributed by atoms with Crippen molar-refractivity contribution in [2.75, 3.05) is 18.5 Å². The first-order chi connectivity index (χ1) is 19.3. The van der Waals surface area contributed by atoms with Crippen LogP contribution in [-0.4, -0.2) is 53.7 Å². The molecule has 0 unspecified atom stereocenters. The number of amides is 2. The molecule has 0 radical (unpaired) electrons. The Bertz CT molecular complexity index is 1900. The number of thiophene rings is 1. The largest absolute Gasteiger partial charge is 0.450 e. The van der Waals surface area contributed by atoms with Crippen molar-refractivity contribution in [3.63, 3.8) is 0 Å². The minimum absolute atomic E-state index is 0.168. The SMILES string of the molecule is CCOC(=O)N1CCc2c(sc(NC(=O)Cn3cnc4c3c(=O)n(C)c(=O)n4C)c2-c2nc3ccccc3s2)C1. The number of anilines is 1. The summed E-state index contributed by atoms with van der Waals surface area (Å²) in [7, 11) is 2.92. The molecule has 14 heteroatoms. The summed E-state index contributed by atoms with van der Waals surface area (Å²) in [5.41, 5.74) is 2.14. The molecule has 1 aliphatic heterocycles. The lowest BCUT2D eigenvalue weighted by Gasteiger charge is -2.26. The monoisotopic (exact) mass is 579 g/mol. The van der Waals surface area contributed by atoms with Crippen LogP contribution in [0.3, 0.4) is 0 Å². The maximum Gasteiger partial charge on any atom is 0.410 e. The van der Waals surface area contributed by atoms with Gasteiger partial charge in [-0.15, -0.1) is 22.7 Å². The highest BCUT2D eigenvalue weighted by Gasteiger charge is 2.30. The Labute approximate surface area is 235 Å². The molecule has 0 saturated carbocycles. The van der Waals surface area contributed by atoms with Crippen molar-refractivity contribution in [1.82, 2.24) is 28.6 Å². The molecule has 40 heavy (non-hydrogen) atoms. The first-order valence-electron chi connectivity index (χ1n) is 12.6. The third kappa shape index (κ3) is 4.29. The van der Waals surface area contributed by atoms with Gasteiger partial charge in [0.2, 0.25) is 5.91 Å². The minimum Gasteiger partial charge on any atom is -0.450 e. The lowest BCUT2D eigenvalue weighted by atomic mass is 10.0. The van der Waals surface area contributed by atoms with Crippen molar-refractivity contribution in [3.8, 4) is 10.6 Å². The summed E-state index contributed by atoms with van der Waals surface area (Å²) in [6, 6.07) is 7.86. The molecule has 1 aliphatic rings. The molecule has 12 nitrogen and oxygen atoms in total. The van der Waals surface area contributed by atoms with Crippen LogP contribution >= 0.6 is 22.7 Å². The molecule has 1 aromatic carbocycles. The number of rotatable bonds is 5. The quantitative estimate of drug-likeness (QED) is 0.339. The van der Waals surface area contributed by atoms with Crippen LogP contribution in [0.4, 0.5) is 9.80 Å². The highest BCUT2D eigenvalue weighted by molar-refractivity contribution is 7.22. The smallest absolute Gasteiger partial charge is 0.410 e. The second kappa shape index (κ2) is 10.0. The van der Waals surface area contributed by atoms with Gasteiger partial charge in [-0.05, 0) is 31.0 Å². The number of carbonyl (C=O) groups is 2. The van der Waals surface area contributed by atoms with Gasteiger partial charge in [0, 0.05) is 31.1 Å². The summed E-state index contributed by atoms with van der Waals surface area (Å²) in [5, 5.41) is 4.45. The van der Waals surface area contributed by atoms with E-state index in [2.05, 4.69) is 10.3 Å². The van der Waals surface area contributed by atoms with Crippen molar-refractivity contribution in [3.05, 3.63) is 61.9 Å². The average molecular weight is 580 g/mol. The number of hydrogen-bond donors (Lipinski definition) is 1. The summed E-state index contributed by atoms with van der Waals surface area (Å²) in [5.74, 6) is -0.363. The molecule has 0 bridgehead atoms. The van der Waals surface area contributed by atoms with Gasteiger partial charge in [-0.1, -0.05) is 12.1 Å². The number of aromatic nitrogens is 5. The first kappa shape index (κ1) is 26.0. The van der Waals surface area contributed by atoms with E-state index in [1.54, 1.807) is 23.2 Å². The minimum atomic E-state index is -0.524. The Balaban J connectivity index is 1.37. The number of nitrogens with zero attached hydrogens (tertiary/aromatic N) is 6. The molecule has 0 atom stereocenters. The maximum atomic E-state index is 13.4. The summed E-state index contributed by atoms with van der Waals surface area (Å²) >= 11 is 2.96. The molecule has 5 heterocycles. The fourth-order valence-electron chi connectivity index (χ4n) is 4.91. The number of thiazole rings is 1. The van der Waals surface area contributed by atoms with E-state index >= 15 is 0 Å². The van der Waals surface area contributed by atoms with Gasteiger partial charge in [0.25, 0.3) is 5.56 Å². The number of nitrogens with one attached hydrogen (secondary N) is 1. The van der Waals surface area contributed by atoms with E-state index in [1.165, 1.54) is 40.9 Å². The maximum absolute atomic E-state index is 13.4. The van der Waals surface area contributed by atoms with Crippen molar-refractivity contribution in [2.45, 2.75) is 26.4 Å².